The fourth-order valence-electron chi connectivity index (χ4n) is 2.15. The Labute approximate surface area is 128 Å². The van der Waals surface area contributed by atoms with Gasteiger partial charge in [0.05, 0.1) is 12.8 Å². The maximum atomic E-state index is 12.1. The summed E-state index contributed by atoms with van der Waals surface area (Å²) in [7, 11) is 0. The van der Waals surface area contributed by atoms with Gasteiger partial charge in [0.15, 0.2) is 0 Å². The molecule has 3 rings (SSSR count). The van der Waals surface area contributed by atoms with E-state index in [1.54, 1.807) is 30.5 Å². The number of rotatable bonds is 6. The molecule has 0 saturated heterocycles. The van der Waals surface area contributed by atoms with Gasteiger partial charge in [-0.1, -0.05) is 0 Å². The van der Waals surface area contributed by atoms with Crippen molar-refractivity contribution in [3.05, 3.63) is 48.0 Å². The Kier molecular flexibility index (Phi) is 4.39. The van der Waals surface area contributed by atoms with Gasteiger partial charge in [-0.25, -0.2) is 4.98 Å². The van der Waals surface area contributed by atoms with Crippen molar-refractivity contribution in [1.82, 2.24) is 10.3 Å². The van der Waals surface area contributed by atoms with Gasteiger partial charge >= 0.3 is 0 Å². The van der Waals surface area contributed by atoms with Gasteiger partial charge in [-0.05, 0) is 37.5 Å². The van der Waals surface area contributed by atoms with E-state index in [0.29, 0.717) is 17.2 Å². The summed E-state index contributed by atoms with van der Waals surface area (Å²) in [5, 5.41) is 12.5. The number of aromatic nitrogens is 1. The van der Waals surface area contributed by atoms with Gasteiger partial charge in [0.25, 0.3) is 5.91 Å². The summed E-state index contributed by atoms with van der Waals surface area (Å²) in [5.41, 5.74) is 0.455. The second kappa shape index (κ2) is 6.62. The Hall–Kier alpha value is -2.34. The van der Waals surface area contributed by atoms with Crippen LogP contribution in [-0.4, -0.2) is 28.6 Å². The molecule has 0 aliphatic heterocycles. The summed E-state index contributed by atoms with van der Waals surface area (Å²) in [6.45, 7) is 0.0769. The van der Waals surface area contributed by atoms with Gasteiger partial charge in [0.2, 0.25) is 5.88 Å². The van der Waals surface area contributed by atoms with E-state index in [1.807, 2.05) is 0 Å². The monoisotopic (exact) mass is 302 g/mol. The zero-order valence-electron chi connectivity index (χ0n) is 12.1. The van der Waals surface area contributed by atoms with Crippen LogP contribution in [0.15, 0.2) is 41.1 Å². The number of amides is 1. The number of furan rings is 1. The number of ether oxygens (including phenoxy) is 1. The molecule has 1 amide bonds. The Morgan fingerprint density at radius 2 is 2.36 bits per heavy atom. The van der Waals surface area contributed by atoms with Crippen molar-refractivity contribution in [3.8, 4) is 5.88 Å². The van der Waals surface area contributed by atoms with E-state index in [2.05, 4.69) is 10.3 Å². The Bertz CT molecular complexity index is 623. The fourth-order valence-corrected chi connectivity index (χ4v) is 2.15. The first-order chi connectivity index (χ1) is 10.7. The highest BCUT2D eigenvalue weighted by Crippen LogP contribution is 2.24. The molecule has 0 radical (unpaired) electrons. The molecule has 1 saturated carbocycles. The van der Waals surface area contributed by atoms with Crippen LogP contribution < -0.4 is 10.1 Å². The predicted molar refractivity (Wildman–Crippen MR) is 78.5 cm³/mol. The van der Waals surface area contributed by atoms with Crippen molar-refractivity contribution < 1.29 is 19.1 Å². The van der Waals surface area contributed by atoms with Crippen molar-refractivity contribution in [2.45, 2.75) is 31.5 Å². The Morgan fingerprint density at radius 1 is 1.50 bits per heavy atom. The van der Waals surface area contributed by atoms with Crippen LogP contribution in [0.5, 0.6) is 5.88 Å². The number of pyridine rings is 1. The molecule has 0 aromatic carbocycles. The smallest absolute Gasteiger partial charge is 0.251 e. The molecule has 2 aromatic rings. The minimum absolute atomic E-state index is 0.0769. The van der Waals surface area contributed by atoms with Crippen LogP contribution in [0, 0.1) is 0 Å². The molecule has 0 spiro atoms. The van der Waals surface area contributed by atoms with E-state index >= 15 is 0 Å². The van der Waals surface area contributed by atoms with Crippen molar-refractivity contribution in [3.63, 3.8) is 0 Å². The lowest BCUT2D eigenvalue weighted by molar-refractivity contribution is 0.0897. The minimum Gasteiger partial charge on any atom is -0.474 e. The van der Waals surface area contributed by atoms with E-state index in [4.69, 9.17) is 9.15 Å². The number of hydrogen-bond acceptors (Lipinski definition) is 5. The van der Waals surface area contributed by atoms with Gasteiger partial charge in [0, 0.05) is 17.8 Å². The summed E-state index contributed by atoms with van der Waals surface area (Å²) in [5.74, 6) is 0.597. The molecule has 6 heteroatoms. The molecule has 0 bridgehead atoms. The first-order valence-electron chi connectivity index (χ1n) is 7.35. The number of nitrogens with one attached hydrogen (secondary N) is 1. The van der Waals surface area contributed by atoms with E-state index < -0.39 is 6.10 Å². The van der Waals surface area contributed by atoms with Crippen LogP contribution in [0.4, 0.5) is 0 Å². The standard InChI is InChI=1S/C16H18N2O4/c19-13(14-5-2-8-21-14)10-18-16(20)11-6-7-17-15(9-11)22-12-3-1-4-12/h2,5-9,12-13,19H,1,3-4,10H2,(H,18,20). The molecule has 1 aliphatic rings. The quantitative estimate of drug-likeness (QED) is 0.853. The van der Waals surface area contributed by atoms with Crippen LogP contribution in [0.2, 0.25) is 0 Å². The second-order valence-electron chi connectivity index (χ2n) is 5.29. The van der Waals surface area contributed by atoms with Gasteiger partial charge in [0.1, 0.15) is 18.0 Å². The molecule has 1 unspecified atom stereocenters. The summed E-state index contributed by atoms with van der Waals surface area (Å²) >= 11 is 0. The van der Waals surface area contributed by atoms with Crippen LogP contribution in [0.25, 0.3) is 0 Å². The van der Waals surface area contributed by atoms with E-state index in [1.165, 1.54) is 12.7 Å². The molecule has 116 valence electrons. The number of carbonyl (C=O) groups is 1. The molecule has 2 N–H and O–H groups in total. The predicted octanol–water partition coefficient (Wildman–Crippen LogP) is 2.07. The first kappa shape index (κ1) is 14.6. The van der Waals surface area contributed by atoms with Crippen LogP contribution in [-0.2, 0) is 0 Å². The van der Waals surface area contributed by atoms with Crippen molar-refractivity contribution in [2.24, 2.45) is 0 Å². The summed E-state index contributed by atoms with van der Waals surface area (Å²) < 4.78 is 10.8. The maximum Gasteiger partial charge on any atom is 0.251 e. The number of aliphatic hydroxyl groups excluding tert-OH is 1. The second-order valence-corrected chi connectivity index (χ2v) is 5.29. The molecule has 1 fully saturated rings. The van der Waals surface area contributed by atoms with E-state index in [0.717, 1.165) is 12.8 Å². The molecule has 2 heterocycles. The molecule has 22 heavy (non-hydrogen) atoms. The number of carbonyl (C=O) groups excluding carboxylic acids is 1. The van der Waals surface area contributed by atoms with Crippen LogP contribution in [0.3, 0.4) is 0 Å². The van der Waals surface area contributed by atoms with Gasteiger partial charge in [-0.15, -0.1) is 0 Å². The fraction of sp³-hybridized carbons (Fsp3) is 0.375. The zero-order valence-corrected chi connectivity index (χ0v) is 12.1. The van der Waals surface area contributed by atoms with Crippen molar-refractivity contribution in [1.29, 1.82) is 0 Å². The highest BCUT2D eigenvalue weighted by atomic mass is 16.5. The molecular formula is C16H18N2O4. The number of hydrogen-bond donors (Lipinski definition) is 2. The van der Waals surface area contributed by atoms with Gasteiger partial charge in [-0.2, -0.15) is 0 Å². The van der Waals surface area contributed by atoms with Crippen LogP contribution >= 0.6 is 0 Å². The van der Waals surface area contributed by atoms with Crippen molar-refractivity contribution in [2.75, 3.05) is 6.54 Å². The lowest BCUT2D eigenvalue weighted by Crippen LogP contribution is -2.28. The molecule has 6 nitrogen and oxygen atoms in total. The third-order valence-corrected chi connectivity index (χ3v) is 3.66. The van der Waals surface area contributed by atoms with Crippen LogP contribution in [0.1, 0.15) is 41.5 Å². The number of nitrogens with zero attached hydrogens (tertiary/aromatic N) is 1. The molecular weight excluding hydrogens is 284 g/mol. The largest absolute Gasteiger partial charge is 0.474 e. The zero-order chi connectivity index (χ0) is 15.4. The average molecular weight is 302 g/mol. The molecule has 1 aliphatic carbocycles. The van der Waals surface area contributed by atoms with E-state index in [9.17, 15) is 9.90 Å². The summed E-state index contributed by atoms with van der Waals surface area (Å²) in [4.78, 5) is 16.2. The summed E-state index contributed by atoms with van der Waals surface area (Å²) in [6, 6.07) is 6.58. The highest BCUT2D eigenvalue weighted by Gasteiger charge is 2.20. The third-order valence-electron chi connectivity index (χ3n) is 3.66. The van der Waals surface area contributed by atoms with E-state index in [-0.39, 0.29) is 18.6 Å². The first-order valence-corrected chi connectivity index (χ1v) is 7.35. The van der Waals surface area contributed by atoms with Gasteiger partial charge < -0.3 is 19.6 Å². The number of aliphatic hydroxyl groups is 1. The van der Waals surface area contributed by atoms with Gasteiger partial charge in [-0.3, -0.25) is 4.79 Å². The lowest BCUT2D eigenvalue weighted by Gasteiger charge is -2.25. The van der Waals surface area contributed by atoms with Crippen molar-refractivity contribution >= 4 is 5.91 Å². The average Bonchev–Trinajstić information content (AvgIpc) is 3.03. The molecule has 1 atom stereocenters. The third kappa shape index (κ3) is 3.46. The topological polar surface area (TPSA) is 84.6 Å². The Morgan fingerprint density at radius 3 is 3.05 bits per heavy atom. The maximum absolute atomic E-state index is 12.1. The summed E-state index contributed by atoms with van der Waals surface area (Å²) in [6.07, 6.45) is 5.62. The minimum atomic E-state index is -0.869. The highest BCUT2D eigenvalue weighted by molar-refractivity contribution is 5.94. The lowest BCUT2D eigenvalue weighted by atomic mass is 9.96. The Balaban J connectivity index is 1.56. The normalized spacial score (nSPS) is 15.9. The SMILES string of the molecule is O=C(NCC(O)c1ccco1)c1ccnc(OC2CCC2)c1. The molecule has 2 aromatic heterocycles.